The Balaban J connectivity index is 1.97. The van der Waals surface area contributed by atoms with Gasteiger partial charge in [0.15, 0.2) is 11.5 Å². The number of ether oxygens (including phenoxy) is 2. The van der Waals surface area contributed by atoms with Crippen molar-refractivity contribution < 1.29 is 19.4 Å². The minimum absolute atomic E-state index is 0.162. The second-order valence-electron chi connectivity index (χ2n) is 5.58. The minimum Gasteiger partial charge on any atom is -0.493 e. The van der Waals surface area contributed by atoms with E-state index in [0.29, 0.717) is 11.5 Å². The predicted molar refractivity (Wildman–Crippen MR) is 92.3 cm³/mol. The van der Waals surface area contributed by atoms with Gasteiger partial charge in [-0.15, -0.1) is 0 Å². The Hall–Kier alpha value is -2.53. The molecule has 0 aliphatic heterocycles. The normalized spacial score (nSPS) is 13.0. The molecule has 0 aliphatic carbocycles. The second kappa shape index (κ2) is 8.36. The topological polar surface area (TPSA) is 67.8 Å². The first kappa shape index (κ1) is 17.8. The average Bonchev–Trinajstić information content (AvgIpc) is 2.61. The Morgan fingerprint density at radius 2 is 1.75 bits per heavy atom. The van der Waals surface area contributed by atoms with Crippen LogP contribution in [0.15, 0.2) is 48.5 Å². The number of hydrogen-bond acceptors (Lipinski definition) is 4. The van der Waals surface area contributed by atoms with Gasteiger partial charge >= 0.3 is 0 Å². The van der Waals surface area contributed by atoms with Crippen LogP contribution in [0.4, 0.5) is 0 Å². The predicted octanol–water partition coefficient (Wildman–Crippen LogP) is 2.48. The molecule has 0 aliphatic rings. The van der Waals surface area contributed by atoms with E-state index < -0.39 is 6.10 Å². The largest absolute Gasteiger partial charge is 0.493 e. The van der Waals surface area contributed by atoms with Crippen molar-refractivity contribution in [3.63, 3.8) is 0 Å². The molecule has 5 nitrogen and oxygen atoms in total. The molecule has 0 aromatic heterocycles. The molecule has 0 heterocycles. The number of hydrogen-bond donors (Lipinski definition) is 2. The fraction of sp³-hybridized carbons (Fsp3) is 0.316. The standard InChI is InChI=1S/C19H23NO4/c1-13(19(22)15-7-5-4-6-8-15)20-18(21)12-14-9-10-16(23-2)17(11-14)24-3/h4-11,13,19,22H,12H2,1-3H3,(H,20,21). The van der Waals surface area contributed by atoms with Gasteiger partial charge in [0.25, 0.3) is 0 Å². The first-order valence-corrected chi connectivity index (χ1v) is 7.78. The van der Waals surface area contributed by atoms with Gasteiger partial charge in [0, 0.05) is 0 Å². The number of aliphatic hydroxyl groups is 1. The number of aliphatic hydroxyl groups excluding tert-OH is 1. The van der Waals surface area contributed by atoms with E-state index in [2.05, 4.69) is 5.32 Å². The summed E-state index contributed by atoms with van der Waals surface area (Å²) in [5.41, 5.74) is 1.59. The minimum atomic E-state index is -0.749. The van der Waals surface area contributed by atoms with Crippen molar-refractivity contribution in [1.82, 2.24) is 5.32 Å². The van der Waals surface area contributed by atoms with Gasteiger partial charge < -0.3 is 19.9 Å². The van der Waals surface area contributed by atoms with Gasteiger partial charge in [-0.3, -0.25) is 4.79 Å². The quantitative estimate of drug-likeness (QED) is 0.819. The summed E-state index contributed by atoms with van der Waals surface area (Å²) in [6, 6.07) is 14.2. The maximum Gasteiger partial charge on any atom is 0.224 e. The molecule has 2 unspecified atom stereocenters. The molecule has 0 spiro atoms. The van der Waals surface area contributed by atoms with Crippen molar-refractivity contribution in [2.45, 2.75) is 25.5 Å². The van der Waals surface area contributed by atoms with Gasteiger partial charge in [0.2, 0.25) is 5.91 Å². The molecule has 0 bridgehead atoms. The van der Waals surface area contributed by atoms with E-state index in [-0.39, 0.29) is 18.4 Å². The van der Waals surface area contributed by atoms with E-state index in [0.717, 1.165) is 11.1 Å². The van der Waals surface area contributed by atoms with E-state index in [4.69, 9.17) is 9.47 Å². The molecule has 24 heavy (non-hydrogen) atoms. The van der Waals surface area contributed by atoms with Crippen LogP contribution < -0.4 is 14.8 Å². The summed E-state index contributed by atoms with van der Waals surface area (Å²) >= 11 is 0. The molecule has 2 rings (SSSR count). The number of nitrogens with one attached hydrogen (secondary N) is 1. The van der Waals surface area contributed by atoms with Crippen LogP contribution in [-0.2, 0) is 11.2 Å². The third-order valence-electron chi connectivity index (χ3n) is 3.82. The molecule has 128 valence electrons. The number of carbonyl (C=O) groups is 1. The molecule has 0 fully saturated rings. The first-order valence-electron chi connectivity index (χ1n) is 7.78. The Morgan fingerprint density at radius 3 is 2.38 bits per heavy atom. The third-order valence-corrected chi connectivity index (χ3v) is 3.82. The van der Waals surface area contributed by atoms with Crippen molar-refractivity contribution in [2.24, 2.45) is 0 Å². The smallest absolute Gasteiger partial charge is 0.224 e. The number of methoxy groups -OCH3 is 2. The van der Waals surface area contributed by atoms with Crippen molar-refractivity contribution in [3.8, 4) is 11.5 Å². The highest BCUT2D eigenvalue weighted by Gasteiger charge is 2.18. The van der Waals surface area contributed by atoms with E-state index in [1.54, 1.807) is 33.3 Å². The maximum atomic E-state index is 12.2. The molecule has 0 saturated carbocycles. The van der Waals surface area contributed by atoms with Gasteiger partial charge in [0.05, 0.1) is 32.8 Å². The fourth-order valence-corrected chi connectivity index (χ4v) is 2.50. The van der Waals surface area contributed by atoms with Gasteiger partial charge in [-0.25, -0.2) is 0 Å². The number of amides is 1. The molecule has 2 aromatic carbocycles. The molecular weight excluding hydrogens is 306 g/mol. The van der Waals surface area contributed by atoms with Gasteiger partial charge in [-0.1, -0.05) is 36.4 Å². The van der Waals surface area contributed by atoms with E-state index >= 15 is 0 Å². The van der Waals surface area contributed by atoms with Gasteiger partial charge in [-0.2, -0.15) is 0 Å². The van der Waals surface area contributed by atoms with Crippen LogP contribution in [0.2, 0.25) is 0 Å². The van der Waals surface area contributed by atoms with Crippen molar-refractivity contribution in [3.05, 3.63) is 59.7 Å². The molecule has 0 saturated heterocycles. The maximum absolute atomic E-state index is 12.2. The molecule has 1 amide bonds. The summed E-state index contributed by atoms with van der Waals surface area (Å²) in [5, 5.41) is 13.1. The van der Waals surface area contributed by atoms with Crippen LogP contribution >= 0.6 is 0 Å². The molecular formula is C19H23NO4. The molecule has 2 atom stereocenters. The summed E-state index contributed by atoms with van der Waals surface area (Å²) in [6.07, 6.45) is -0.549. The molecule has 2 aromatic rings. The van der Waals surface area contributed by atoms with Gasteiger partial charge in [0.1, 0.15) is 0 Å². The highest BCUT2D eigenvalue weighted by molar-refractivity contribution is 5.79. The second-order valence-corrected chi connectivity index (χ2v) is 5.58. The van der Waals surface area contributed by atoms with Crippen LogP contribution in [-0.4, -0.2) is 31.3 Å². The summed E-state index contributed by atoms with van der Waals surface area (Å²) in [7, 11) is 3.12. The third kappa shape index (κ3) is 4.49. The molecule has 5 heteroatoms. The Kier molecular flexibility index (Phi) is 6.21. The van der Waals surface area contributed by atoms with Crippen molar-refractivity contribution in [1.29, 1.82) is 0 Å². The van der Waals surface area contributed by atoms with Crippen LogP contribution in [0.25, 0.3) is 0 Å². The Morgan fingerprint density at radius 1 is 1.08 bits per heavy atom. The van der Waals surface area contributed by atoms with Crippen LogP contribution in [0.5, 0.6) is 11.5 Å². The lowest BCUT2D eigenvalue weighted by Crippen LogP contribution is -2.37. The van der Waals surface area contributed by atoms with E-state index in [9.17, 15) is 9.90 Å². The molecule has 2 N–H and O–H groups in total. The lowest BCUT2D eigenvalue weighted by molar-refractivity contribution is -0.121. The average molecular weight is 329 g/mol. The zero-order valence-electron chi connectivity index (χ0n) is 14.2. The Bertz CT molecular complexity index is 672. The fourth-order valence-electron chi connectivity index (χ4n) is 2.50. The summed E-state index contributed by atoms with van der Waals surface area (Å²) in [6.45, 7) is 1.78. The summed E-state index contributed by atoms with van der Waals surface area (Å²) < 4.78 is 10.4. The van der Waals surface area contributed by atoms with Gasteiger partial charge in [-0.05, 0) is 30.2 Å². The summed E-state index contributed by atoms with van der Waals surface area (Å²) in [5.74, 6) is 1.04. The zero-order chi connectivity index (χ0) is 17.5. The highest BCUT2D eigenvalue weighted by Crippen LogP contribution is 2.27. The van der Waals surface area contributed by atoms with Crippen LogP contribution in [0.1, 0.15) is 24.2 Å². The SMILES string of the molecule is COc1ccc(CC(=O)NC(C)C(O)c2ccccc2)cc1OC. The monoisotopic (exact) mass is 329 g/mol. The van der Waals surface area contributed by atoms with E-state index in [1.807, 2.05) is 36.4 Å². The van der Waals surface area contributed by atoms with Crippen molar-refractivity contribution in [2.75, 3.05) is 14.2 Å². The van der Waals surface area contributed by atoms with Crippen LogP contribution in [0, 0.1) is 0 Å². The number of benzene rings is 2. The Labute approximate surface area is 142 Å². The number of carbonyl (C=O) groups excluding carboxylic acids is 1. The summed E-state index contributed by atoms with van der Waals surface area (Å²) in [4.78, 5) is 12.2. The van der Waals surface area contributed by atoms with Crippen LogP contribution in [0.3, 0.4) is 0 Å². The lowest BCUT2D eigenvalue weighted by atomic mass is 10.0. The number of rotatable bonds is 7. The zero-order valence-corrected chi connectivity index (χ0v) is 14.2. The lowest BCUT2D eigenvalue weighted by Gasteiger charge is -2.20. The molecule has 0 radical (unpaired) electrons. The van der Waals surface area contributed by atoms with E-state index in [1.165, 1.54) is 0 Å². The highest BCUT2D eigenvalue weighted by atomic mass is 16.5. The van der Waals surface area contributed by atoms with Crippen molar-refractivity contribution >= 4 is 5.91 Å². The first-order chi connectivity index (χ1) is 11.5.